The van der Waals surface area contributed by atoms with Crippen molar-refractivity contribution in [2.24, 2.45) is 0 Å². The molecule has 2 rings (SSSR count). The predicted molar refractivity (Wildman–Crippen MR) is 86.7 cm³/mol. The number of nitrogens with one attached hydrogen (secondary N) is 1. The highest BCUT2D eigenvalue weighted by Crippen LogP contribution is 2.27. The molecule has 0 aliphatic carbocycles. The number of sulfonamides is 1. The molecule has 0 spiro atoms. The van der Waals surface area contributed by atoms with E-state index in [9.17, 15) is 23.3 Å². The van der Waals surface area contributed by atoms with Gasteiger partial charge in [0, 0.05) is 11.8 Å². The molecule has 0 fully saturated rings. The average molecular weight is 371 g/mol. The first-order chi connectivity index (χ1) is 11.3. The predicted octanol–water partition coefficient (Wildman–Crippen LogP) is 2.84. The molecular weight excluding hydrogens is 360 g/mol. The van der Waals surface area contributed by atoms with Crippen LogP contribution in [0.3, 0.4) is 0 Å². The number of carbonyl (C=O) groups is 1. The van der Waals surface area contributed by atoms with Crippen molar-refractivity contribution in [3.8, 4) is 0 Å². The highest BCUT2D eigenvalue weighted by atomic mass is 35.5. The van der Waals surface area contributed by atoms with E-state index in [1.165, 1.54) is 30.3 Å². The van der Waals surface area contributed by atoms with Crippen LogP contribution in [0, 0.1) is 10.1 Å². The smallest absolute Gasteiger partial charge is 0.339 e. The molecule has 2 aromatic rings. The number of anilines is 1. The number of para-hydroxylation sites is 1. The number of hydrogen-bond donors (Lipinski definition) is 1. The van der Waals surface area contributed by atoms with E-state index < -0.39 is 31.5 Å². The monoisotopic (exact) mass is 370 g/mol. The van der Waals surface area contributed by atoms with Gasteiger partial charge in [-0.05, 0) is 24.3 Å². The Morgan fingerprint density at radius 3 is 2.54 bits per heavy atom. The SMILES string of the molecule is COC(=O)c1cc(NS(=O)(=O)c2ccccc2[N+](=O)[O-])ccc1Cl. The molecule has 0 saturated carbocycles. The summed E-state index contributed by atoms with van der Waals surface area (Å²) in [6.07, 6.45) is 0. The Hall–Kier alpha value is -2.65. The Balaban J connectivity index is 2.44. The summed E-state index contributed by atoms with van der Waals surface area (Å²) >= 11 is 5.86. The van der Waals surface area contributed by atoms with Gasteiger partial charge in [0.25, 0.3) is 15.7 Å². The lowest BCUT2D eigenvalue weighted by Crippen LogP contribution is -2.15. The number of methoxy groups -OCH3 is 1. The zero-order valence-electron chi connectivity index (χ0n) is 12.2. The van der Waals surface area contributed by atoms with Crippen LogP contribution < -0.4 is 4.72 Å². The number of halogens is 1. The van der Waals surface area contributed by atoms with E-state index in [-0.39, 0.29) is 16.3 Å². The second-order valence-electron chi connectivity index (χ2n) is 4.52. The van der Waals surface area contributed by atoms with Crippen LogP contribution in [0.15, 0.2) is 47.4 Å². The Bertz CT molecular complexity index is 913. The summed E-state index contributed by atoms with van der Waals surface area (Å²) in [7, 11) is -3.08. The maximum absolute atomic E-state index is 12.4. The molecule has 0 heterocycles. The third kappa shape index (κ3) is 3.63. The molecule has 0 atom stereocenters. The van der Waals surface area contributed by atoms with Crippen LogP contribution in [0.2, 0.25) is 5.02 Å². The summed E-state index contributed by atoms with van der Waals surface area (Å²) in [6.45, 7) is 0. The Morgan fingerprint density at radius 2 is 1.92 bits per heavy atom. The molecule has 24 heavy (non-hydrogen) atoms. The van der Waals surface area contributed by atoms with Gasteiger partial charge in [-0.1, -0.05) is 23.7 Å². The van der Waals surface area contributed by atoms with Crippen molar-refractivity contribution in [1.82, 2.24) is 0 Å². The molecule has 0 aromatic heterocycles. The first-order valence-electron chi connectivity index (χ1n) is 6.40. The summed E-state index contributed by atoms with van der Waals surface area (Å²) in [5.74, 6) is -0.744. The summed E-state index contributed by atoms with van der Waals surface area (Å²) in [6, 6.07) is 8.72. The van der Waals surface area contributed by atoms with Crippen molar-refractivity contribution in [2.45, 2.75) is 4.90 Å². The van der Waals surface area contributed by atoms with Gasteiger partial charge in [-0.25, -0.2) is 13.2 Å². The number of nitro benzene ring substituents is 1. The zero-order chi connectivity index (χ0) is 17.9. The lowest BCUT2D eigenvalue weighted by atomic mass is 10.2. The molecule has 0 bridgehead atoms. The number of hydrogen-bond acceptors (Lipinski definition) is 6. The van der Waals surface area contributed by atoms with E-state index in [0.717, 1.165) is 19.2 Å². The van der Waals surface area contributed by atoms with Crippen LogP contribution in [-0.4, -0.2) is 26.4 Å². The maximum atomic E-state index is 12.4. The highest BCUT2D eigenvalue weighted by molar-refractivity contribution is 7.92. The Labute approximate surface area is 142 Å². The fourth-order valence-electron chi connectivity index (χ4n) is 1.90. The molecule has 0 saturated heterocycles. The van der Waals surface area contributed by atoms with Crippen molar-refractivity contribution < 1.29 is 22.9 Å². The van der Waals surface area contributed by atoms with E-state index in [0.29, 0.717) is 0 Å². The standard InChI is InChI=1S/C14H11ClN2O6S/c1-23-14(18)10-8-9(6-7-11(10)15)16-24(21,22)13-5-3-2-4-12(13)17(19)20/h2-8,16H,1H3. The van der Waals surface area contributed by atoms with Crippen molar-refractivity contribution in [1.29, 1.82) is 0 Å². The van der Waals surface area contributed by atoms with Crippen LogP contribution in [0.1, 0.15) is 10.4 Å². The first kappa shape index (κ1) is 17.7. The maximum Gasteiger partial charge on any atom is 0.339 e. The zero-order valence-corrected chi connectivity index (χ0v) is 13.8. The van der Waals surface area contributed by atoms with Gasteiger partial charge in [0.2, 0.25) is 0 Å². The average Bonchev–Trinajstić information content (AvgIpc) is 2.55. The fraction of sp³-hybridized carbons (Fsp3) is 0.0714. The van der Waals surface area contributed by atoms with Gasteiger partial charge < -0.3 is 4.74 Å². The topological polar surface area (TPSA) is 116 Å². The van der Waals surface area contributed by atoms with E-state index in [2.05, 4.69) is 9.46 Å². The van der Waals surface area contributed by atoms with Crippen molar-refractivity contribution in [2.75, 3.05) is 11.8 Å². The number of nitro groups is 1. The molecule has 0 radical (unpaired) electrons. The van der Waals surface area contributed by atoms with Crippen LogP contribution in [0.5, 0.6) is 0 Å². The number of nitrogens with zero attached hydrogens (tertiary/aromatic N) is 1. The number of esters is 1. The molecular formula is C14H11ClN2O6S. The van der Waals surface area contributed by atoms with Crippen LogP contribution in [0.25, 0.3) is 0 Å². The lowest BCUT2D eigenvalue weighted by molar-refractivity contribution is -0.387. The second-order valence-corrected chi connectivity index (χ2v) is 6.57. The molecule has 0 aliphatic rings. The molecule has 0 aliphatic heterocycles. The normalized spacial score (nSPS) is 10.9. The minimum Gasteiger partial charge on any atom is -0.465 e. The van der Waals surface area contributed by atoms with E-state index in [1.54, 1.807) is 0 Å². The molecule has 2 aromatic carbocycles. The van der Waals surface area contributed by atoms with E-state index in [4.69, 9.17) is 11.6 Å². The fourth-order valence-corrected chi connectivity index (χ4v) is 3.32. The molecule has 10 heteroatoms. The quantitative estimate of drug-likeness (QED) is 0.491. The van der Waals surface area contributed by atoms with Crippen LogP contribution >= 0.6 is 11.6 Å². The summed E-state index contributed by atoms with van der Waals surface area (Å²) in [5.41, 5.74) is -0.591. The molecule has 1 N–H and O–H groups in total. The summed E-state index contributed by atoms with van der Waals surface area (Å²) in [5, 5.41) is 11.1. The number of benzene rings is 2. The van der Waals surface area contributed by atoms with Gasteiger partial charge in [-0.2, -0.15) is 0 Å². The van der Waals surface area contributed by atoms with Gasteiger partial charge in [0.15, 0.2) is 4.90 Å². The van der Waals surface area contributed by atoms with Gasteiger partial charge in [-0.15, -0.1) is 0 Å². The largest absolute Gasteiger partial charge is 0.465 e. The highest BCUT2D eigenvalue weighted by Gasteiger charge is 2.25. The number of carbonyl (C=O) groups excluding carboxylic acids is 1. The number of ether oxygens (including phenoxy) is 1. The van der Waals surface area contributed by atoms with E-state index >= 15 is 0 Å². The Kier molecular flexibility index (Phi) is 5.05. The van der Waals surface area contributed by atoms with Gasteiger partial charge in [-0.3, -0.25) is 14.8 Å². The third-order valence-electron chi connectivity index (χ3n) is 2.98. The molecule has 0 unspecified atom stereocenters. The van der Waals surface area contributed by atoms with E-state index in [1.807, 2.05) is 0 Å². The van der Waals surface area contributed by atoms with Crippen molar-refractivity contribution in [3.63, 3.8) is 0 Å². The molecule has 0 amide bonds. The van der Waals surface area contributed by atoms with Crippen molar-refractivity contribution >= 4 is 39.0 Å². The Morgan fingerprint density at radius 1 is 1.25 bits per heavy atom. The molecule has 8 nitrogen and oxygen atoms in total. The minimum absolute atomic E-state index is 0.0120. The summed E-state index contributed by atoms with van der Waals surface area (Å²) < 4.78 is 31.5. The third-order valence-corrected chi connectivity index (χ3v) is 4.73. The van der Waals surface area contributed by atoms with Crippen LogP contribution in [0.4, 0.5) is 11.4 Å². The second kappa shape index (κ2) is 6.85. The first-order valence-corrected chi connectivity index (χ1v) is 8.26. The number of rotatable bonds is 5. The van der Waals surface area contributed by atoms with Crippen molar-refractivity contribution in [3.05, 3.63) is 63.2 Å². The minimum atomic E-state index is -4.24. The molecule has 126 valence electrons. The summed E-state index contributed by atoms with van der Waals surface area (Å²) in [4.78, 5) is 21.3. The lowest BCUT2D eigenvalue weighted by Gasteiger charge is -2.10. The van der Waals surface area contributed by atoms with Gasteiger partial charge in [0.1, 0.15) is 0 Å². The van der Waals surface area contributed by atoms with Gasteiger partial charge in [0.05, 0.1) is 22.6 Å². The van der Waals surface area contributed by atoms with Gasteiger partial charge >= 0.3 is 5.97 Å². The van der Waals surface area contributed by atoms with Crippen LogP contribution in [-0.2, 0) is 14.8 Å².